The number of carbonyl (C=O) groups is 1. The molecule has 124 valence electrons. The van der Waals surface area contributed by atoms with Gasteiger partial charge in [0, 0.05) is 6.54 Å². The minimum atomic E-state index is -1.59. The molecule has 6 atom stereocenters. The van der Waals surface area contributed by atoms with Gasteiger partial charge >= 0.3 is 0 Å². The lowest BCUT2D eigenvalue weighted by atomic mass is 9.92. The molecule has 21 heavy (non-hydrogen) atoms. The van der Waals surface area contributed by atoms with E-state index in [2.05, 4.69) is 12.2 Å². The van der Waals surface area contributed by atoms with Crippen LogP contribution in [0.5, 0.6) is 0 Å². The molecule has 1 rings (SSSR count). The molecule has 1 fully saturated rings. The molecule has 0 spiro atoms. The van der Waals surface area contributed by atoms with Crippen molar-refractivity contribution in [3.63, 3.8) is 0 Å². The average Bonchev–Trinajstić information content (AvgIpc) is 2.47. The van der Waals surface area contributed by atoms with Crippen LogP contribution in [0, 0.1) is 0 Å². The molecule has 1 aliphatic rings. The van der Waals surface area contributed by atoms with E-state index in [0.717, 1.165) is 25.7 Å². The van der Waals surface area contributed by atoms with Crippen LogP contribution in [0.1, 0.15) is 39.5 Å². The van der Waals surface area contributed by atoms with E-state index in [0.29, 0.717) is 6.54 Å². The number of ether oxygens (including phenoxy) is 1. The minimum absolute atomic E-state index is 0.444. The SMILES string of the molecule is CCCCCCNC(=O)C(O)C1O[C@@H](C)[C@H](O)[C@@H](O)[C@H]1O. The van der Waals surface area contributed by atoms with Crippen LogP contribution in [0.2, 0.25) is 0 Å². The predicted molar refractivity (Wildman–Crippen MR) is 75.5 cm³/mol. The van der Waals surface area contributed by atoms with Gasteiger partial charge in [0.25, 0.3) is 5.91 Å². The maximum absolute atomic E-state index is 11.8. The highest BCUT2D eigenvalue weighted by molar-refractivity contribution is 5.81. The maximum atomic E-state index is 11.8. The van der Waals surface area contributed by atoms with Crippen molar-refractivity contribution in [1.29, 1.82) is 0 Å². The lowest BCUT2D eigenvalue weighted by molar-refractivity contribution is -0.236. The number of hydrogen-bond acceptors (Lipinski definition) is 6. The average molecular weight is 305 g/mol. The number of carbonyl (C=O) groups excluding carboxylic acids is 1. The highest BCUT2D eigenvalue weighted by atomic mass is 16.5. The Hall–Kier alpha value is -0.730. The summed E-state index contributed by atoms with van der Waals surface area (Å²) in [5.74, 6) is -0.647. The molecule has 1 aliphatic heterocycles. The summed E-state index contributed by atoms with van der Waals surface area (Å²) in [6.45, 7) is 4.03. The zero-order valence-electron chi connectivity index (χ0n) is 12.6. The molecular formula is C14H27NO6. The lowest BCUT2D eigenvalue weighted by Gasteiger charge is -2.40. The van der Waals surface area contributed by atoms with Gasteiger partial charge in [0.2, 0.25) is 0 Å². The summed E-state index contributed by atoms with van der Waals surface area (Å²) in [6, 6.07) is 0. The Balaban J connectivity index is 2.45. The summed E-state index contributed by atoms with van der Waals surface area (Å²) < 4.78 is 5.24. The first-order valence-electron chi connectivity index (χ1n) is 7.55. The molecule has 1 amide bonds. The van der Waals surface area contributed by atoms with Gasteiger partial charge in [-0.25, -0.2) is 0 Å². The van der Waals surface area contributed by atoms with E-state index in [1.807, 2.05) is 0 Å². The van der Waals surface area contributed by atoms with Crippen molar-refractivity contribution >= 4 is 5.91 Å². The minimum Gasteiger partial charge on any atom is -0.388 e. The van der Waals surface area contributed by atoms with Crippen molar-refractivity contribution in [3.8, 4) is 0 Å². The zero-order chi connectivity index (χ0) is 16.0. The molecule has 1 saturated heterocycles. The Kier molecular flexibility index (Phi) is 7.55. The van der Waals surface area contributed by atoms with Crippen molar-refractivity contribution in [1.82, 2.24) is 5.32 Å². The van der Waals surface area contributed by atoms with Gasteiger partial charge in [-0.3, -0.25) is 4.79 Å². The second kappa shape index (κ2) is 8.65. The Bertz CT molecular complexity index is 327. The van der Waals surface area contributed by atoms with E-state index in [1.54, 1.807) is 0 Å². The third kappa shape index (κ3) is 4.89. The Morgan fingerprint density at radius 3 is 2.43 bits per heavy atom. The van der Waals surface area contributed by atoms with Crippen LogP contribution in [-0.4, -0.2) is 69.5 Å². The second-order valence-corrected chi connectivity index (χ2v) is 5.57. The molecule has 0 saturated carbocycles. The van der Waals surface area contributed by atoms with Crippen molar-refractivity contribution in [3.05, 3.63) is 0 Å². The summed E-state index contributed by atoms with van der Waals surface area (Å²) >= 11 is 0. The fourth-order valence-corrected chi connectivity index (χ4v) is 2.36. The van der Waals surface area contributed by atoms with E-state index >= 15 is 0 Å². The molecule has 2 unspecified atom stereocenters. The molecule has 7 nitrogen and oxygen atoms in total. The van der Waals surface area contributed by atoms with Crippen molar-refractivity contribution in [2.75, 3.05) is 6.54 Å². The van der Waals surface area contributed by atoms with E-state index in [-0.39, 0.29) is 0 Å². The Labute approximate surface area is 124 Å². The summed E-state index contributed by atoms with van der Waals surface area (Å²) in [7, 11) is 0. The number of rotatable bonds is 7. The standard InChI is InChI=1S/C14H27NO6/c1-3-4-5-6-7-15-14(20)12(19)13-11(18)10(17)9(16)8(2)21-13/h8-13,16-19H,3-7H2,1-2H3,(H,15,20)/t8-,9-,10+,11+,12?,13?/m0/s1. The summed E-state index contributed by atoms with van der Waals surface area (Å²) in [5.41, 5.74) is 0. The normalized spacial score (nSPS) is 34.5. The smallest absolute Gasteiger partial charge is 0.251 e. The first-order valence-corrected chi connectivity index (χ1v) is 7.55. The number of aliphatic hydroxyl groups is 4. The van der Waals surface area contributed by atoms with Gasteiger partial charge in [-0.2, -0.15) is 0 Å². The summed E-state index contributed by atoms with van der Waals surface area (Å²) in [4.78, 5) is 11.8. The van der Waals surface area contributed by atoms with Crippen molar-refractivity contribution in [2.24, 2.45) is 0 Å². The second-order valence-electron chi connectivity index (χ2n) is 5.57. The van der Waals surface area contributed by atoms with Gasteiger partial charge in [0.05, 0.1) is 6.10 Å². The molecule has 0 aromatic carbocycles. The molecule has 5 N–H and O–H groups in total. The Morgan fingerprint density at radius 1 is 1.14 bits per heavy atom. The number of aliphatic hydroxyl groups excluding tert-OH is 4. The number of nitrogens with one attached hydrogen (secondary N) is 1. The van der Waals surface area contributed by atoms with Gasteiger partial charge in [-0.1, -0.05) is 26.2 Å². The topological polar surface area (TPSA) is 119 Å². The summed E-state index contributed by atoms with van der Waals surface area (Å²) in [6.07, 6.45) is -3.84. The van der Waals surface area contributed by atoms with Crippen LogP contribution in [0.4, 0.5) is 0 Å². The molecule has 7 heteroatoms. The molecule has 0 aromatic heterocycles. The van der Waals surface area contributed by atoms with Crippen molar-refractivity contribution in [2.45, 2.75) is 76.2 Å². The van der Waals surface area contributed by atoms with Crippen LogP contribution < -0.4 is 5.32 Å². The fraction of sp³-hybridized carbons (Fsp3) is 0.929. The third-order valence-corrected chi connectivity index (χ3v) is 3.80. The summed E-state index contributed by atoms with van der Waals surface area (Å²) in [5, 5.41) is 41.6. The number of hydrogen-bond donors (Lipinski definition) is 5. The van der Waals surface area contributed by atoms with Crippen LogP contribution in [0.25, 0.3) is 0 Å². The van der Waals surface area contributed by atoms with Gasteiger partial charge < -0.3 is 30.5 Å². The van der Waals surface area contributed by atoms with E-state index in [4.69, 9.17) is 4.74 Å². The highest BCUT2D eigenvalue weighted by Gasteiger charge is 2.46. The molecule has 0 radical (unpaired) electrons. The monoisotopic (exact) mass is 305 g/mol. The third-order valence-electron chi connectivity index (χ3n) is 3.80. The van der Waals surface area contributed by atoms with Gasteiger partial charge in [-0.05, 0) is 13.3 Å². The lowest BCUT2D eigenvalue weighted by Crippen LogP contribution is -2.62. The highest BCUT2D eigenvalue weighted by Crippen LogP contribution is 2.23. The molecule has 0 bridgehead atoms. The van der Waals surface area contributed by atoms with Gasteiger partial charge in [0.15, 0.2) is 6.10 Å². The van der Waals surface area contributed by atoms with Gasteiger partial charge in [0.1, 0.15) is 24.4 Å². The van der Waals surface area contributed by atoms with Crippen LogP contribution in [0.15, 0.2) is 0 Å². The van der Waals surface area contributed by atoms with Crippen molar-refractivity contribution < 1.29 is 30.0 Å². The fourth-order valence-electron chi connectivity index (χ4n) is 2.36. The first-order chi connectivity index (χ1) is 9.90. The van der Waals surface area contributed by atoms with E-state index in [1.165, 1.54) is 6.92 Å². The molecule has 0 aliphatic carbocycles. The number of amides is 1. The van der Waals surface area contributed by atoms with E-state index in [9.17, 15) is 25.2 Å². The molecular weight excluding hydrogens is 278 g/mol. The van der Waals surface area contributed by atoms with E-state index < -0.39 is 42.5 Å². The van der Waals surface area contributed by atoms with Gasteiger partial charge in [-0.15, -0.1) is 0 Å². The number of unbranched alkanes of at least 4 members (excludes halogenated alkanes) is 3. The molecule has 1 heterocycles. The van der Waals surface area contributed by atoms with Crippen LogP contribution >= 0.6 is 0 Å². The first kappa shape index (κ1) is 18.3. The van der Waals surface area contributed by atoms with Crippen LogP contribution in [-0.2, 0) is 9.53 Å². The largest absolute Gasteiger partial charge is 0.388 e. The van der Waals surface area contributed by atoms with Crippen LogP contribution in [0.3, 0.4) is 0 Å². The zero-order valence-corrected chi connectivity index (χ0v) is 12.6. The maximum Gasteiger partial charge on any atom is 0.251 e. The quantitative estimate of drug-likeness (QED) is 0.382. The molecule has 0 aromatic rings. The predicted octanol–water partition coefficient (Wildman–Crippen LogP) is -1.09. The Morgan fingerprint density at radius 2 is 1.81 bits per heavy atom.